The van der Waals surface area contributed by atoms with Crippen molar-refractivity contribution < 1.29 is 14.3 Å². The lowest BCUT2D eigenvalue weighted by Crippen LogP contribution is -2.40. The molecule has 1 aliphatic carbocycles. The molecule has 190 valence electrons. The van der Waals surface area contributed by atoms with Gasteiger partial charge in [0.15, 0.2) is 5.75 Å². The molecule has 1 atom stereocenters. The van der Waals surface area contributed by atoms with Crippen molar-refractivity contribution in [3.05, 3.63) is 59.2 Å². The van der Waals surface area contributed by atoms with Crippen LogP contribution >= 0.6 is 0 Å². The quantitative estimate of drug-likeness (QED) is 0.253. The van der Waals surface area contributed by atoms with Crippen LogP contribution in [0.15, 0.2) is 42.5 Å². The number of aryl methyl sites for hydroxylation is 1. The van der Waals surface area contributed by atoms with Crippen molar-refractivity contribution in [1.29, 1.82) is 0 Å². The van der Waals surface area contributed by atoms with E-state index in [2.05, 4.69) is 52.8 Å². The zero-order valence-electron chi connectivity index (χ0n) is 21.1. The zero-order chi connectivity index (χ0) is 24.7. The molecule has 3 rings (SSSR count). The predicted molar refractivity (Wildman–Crippen MR) is 142 cm³/mol. The van der Waals surface area contributed by atoms with Crippen LogP contribution in [0.5, 0.6) is 5.75 Å². The number of fused-ring (bicyclic) bond motifs is 1. The van der Waals surface area contributed by atoms with Gasteiger partial charge in [0.25, 0.3) is 6.47 Å². The number of unbranched alkanes of at least 4 members (excludes halogenated alkanes) is 3. The van der Waals surface area contributed by atoms with Gasteiger partial charge < -0.3 is 20.3 Å². The minimum Gasteiger partial charge on any atom is -0.427 e. The van der Waals surface area contributed by atoms with Gasteiger partial charge in [0.05, 0.1) is 5.69 Å². The van der Waals surface area contributed by atoms with Crippen molar-refractivity contribution in [2.24, 2.45) is 0 Å². The summed E-state index contributed by atoms with van der Waals surface area (Å²) >= 11 is 0. The Hall–Kier alpha value is -2.70. The van der Waals surface area contributed by atoms with Gasteiger partial charge >= 0.3 is 0 Å². The molecule has 0 aromatic heterocycles. The van der Waals surface area contributed by atoms with Gasteiger partial charge in [-0.1, -0.05) is 50.1 Å². The lowest BCUT2D eigenvalue weighted by molar-refractivity contribution is -0.120. The van der Waals surface area contributed by atoms with Crippen molar-refractivity contribution in [2.75, 3.05) is 31.5 Å². The third-order valence-corrected chi connectivity index (χ3v) is 6.90. The van der Waals surface area contributed by atoms with Crippen LogP contribution in [-0.2, 0) is 28.9 Å². The third kappa shape index (κ3) is 8.79. The van der Waals surface area contributed by atoms with Gasteiger partial charge in [0.2, 0.25) is 6.41 Å². The van der Waals surface area contributed by atoms with E-state index < -0.39 is 0 Å². The van der Waals surface area contributed by atoms with E-state index in [9.17, 15) is 9.59 Å². The summed E-state index contributed by atoms with van der Waals surface area (Å²) in [6.07, 6.45) is 10.9. The highest BCUT2D eigenvalue weighted by atomic mass is 16.5. The number of nitrogens with zero attached hydrogens (tertiary/aromatic N) is 1. The van der Waals surface area contributed by atoms with E-state index in [0.29, 0.717) is 30.4 Å². The fraction of sp³-hybridized carbons (Fsp3) is 0.517. The SMILES string of the molecule is CCCN(CCCCCCNCCc1ccccc1)C1CCc2cc(OC=O)c(NC=O)cc2C1. The molecule has 35 heavy (non-hydrogen) atoms. The van der Waals surface area contributed by atoms with Crippen LogP contribution in [0, 0.1) is 0 Å². The lowest BCUT2D eigenvalue weighted by Gasteiger charge is -2.35. The molecule has 1 aliphatic rings. The molecular formula is C29H41N3O3. The second-order valence-electron chi connectivity index (χ2n) is 9.43. The summed E-state index contributed by atoms with van der Waals surface area (Å²) in [4.78, 5) is 24.5. The summed E-state index contributed by atoms with van der Waals surface area (Å²) in [5.41, 5.74) is 4.41. The number of carbonyl (C=O) groups excluding carboxylic acids is 2. The van der Waals surface area contributed by atoms with E-state index in [4.69, 9.17) is 4.74 Å². The fourth-order valence-corrected chi connectivity index (χ4v) is 5.09. The van der Waals surface area contributed by atoms with Gasteiger partial charge in [-0.15, -0.1) is 0 Å². The van der Waals surface area contributed by atoms with E-state index in [-0.39, 0.29) is 0 Å². The van der Waals surface area contributed by atoms with E-state index in [1.807, 2.05) is 12.1 Å². The maximum atomic E-state index is 11.0. The zero-order valence-corrected chi connectivity index (χ0v) is 21.1. The van der Waals surface area contributed by atoms with Gasteiger partial charge in [-0.05, 0) is 99.9 Å². The monoisotopic (exact) mass is 479 g/mol. The second-order valence-corrected chi connectivity index (χ2v) is 9.43. The first-order chi connectivity index (χ1) is 17.2. The number of amides is 1. The number of hydrogen-bond donors (Lipinski definition) is 2. The standard InChI is InChI=1S/C29H41N3O3/c1-2-17-32(18-9-4-3-8-15-30-16-14-24-10-6-5-7-11-24)27-13-12-25-21-29(35-23-34)28(31-22-33)20-26(25)19-27/h5-7,10-11,20-23,27,30H,2-4,8-9,12-19H2,1H3,(H,31,33). The molecule has 2 aromatic carbocycles. The van der Waals surface area contributed by atoms with Gasteiger partial charge in [0, 0.05) is 6.04 Å². The first kappa shape index (κ1) is 26.9. The van der Waals surface area contributed by atoms with E-state index in [1.165, 1.54) is 42.4 Å². The van der Waals surface area contributed by atoms with Crippen molar-refractivity contribution in [1.82, 2.24) is 10.2 Å². The molecule has 0 saturated heterocycles. The molecule has 2 N–H and O–H groups in total. The Bertz CT molecular complexity index is 904. The van der Waals surface area contributed by atoms with Crippen LogP contribution in [0.1, 0.15) is 62.1 Å². The summed E-state index contributed by atoms with van der Waals surface area (Å²) in [6, 6.07) is 15.1. The third-order valence-electron chi connectivity index (χ3n) is 6.90. The van der Waals surface area contributed by atoms with Gasteiger partial charge in [-0.2, -0.15) is 0 Å². The number of rotatable bonds is 17. The molecular weight excluding hydrogens is 438 g/mol. The average molecular weight is 480 g/mol. The van der Waals surface area contributed by atoms with Crippen LogP contribution in [0.4, 0.5) is 5.69 Å². The molecule has 6 heteroatoms. The molecule has 0 radical (unpaired) electrons. The largest absolute Gasteiger partial charge is 0.427 e. The van der Waals surface area contributed by atoms with Crippen LogP contribution in [0.3, 0.4) is 0 Å². The van der Waals surface area contributed by atoms with E-state index in [1.54, 1.807) is 0 Å². The molecule has 0 bridgehead atoms. The number of hydrogen-bond acceptors (Lipinski definition) is 5. The number of ether oxygens (including phenoxy) is 1. The smallest absolute Gasteiger partial charge is 0.298 e. The summed E-state index contributed by atoms with van der Waals surface area (Å²) in [6.45, 7) is 7.06. The first-order valence-electron chi connectivity index (χ1n) is 13.2. The number of anilines is 1. The molecule has 0 spiro atoms. The van der Waals surface area contributed by atoms with Crippen LogP contribution < -0.4 is 15.4 Å². The maximum absolute atomic E-state index is 11.0. The summed E-state index contributed by atoms with van der Waals surface area (Å²) < 4.78 is 5.08. The van der Waals surface area contributed by atoms with E-state index >= 15 is 0 Å². The highest BCUT2D eigenvalue weighted by Crippen LogP contribution is 2.33. The molecule has 6 nitrogen and oxygen atoms in total. The van der Waals surface area contributed by atoms with Crippen molar-refractivity contribution in [3.63, 3.8) is 0 Å². The molecule has 1 unspecified atom stereocenters. The Morgan fingerprint density at radius 1 is 1.00 bits per heavy atom. The first-order valence-corrected chi connectivity index (χ1v) is 13.2. The van der Waals surface area contributed by atoms with Gasteiger partial charge in [0.1, 0.15) is 0 Å². The average Bonchev–Trinajstić information content (AvgIpc) is 2.88. The molecule has 0 aliphatic heterocycles. The second kappa shape index (κ2) is 15.3. The van der Waals surface area contributed by atoms with Crippen molar-refractivity contribution >= 4 is 18.6 Å². The normalized spacial score (nSPS) is 15.0. The Balaban J connectivity index is 1.39. The lowest BCUT2D eigenvalue weighted by atomic mass is 9.86. The molecule has 0 fully saturated rings. The minimum atomic E-state index is 0.410. The van der Waals surface area contributed by atoms with Gasteiger partial charge in [-0.3, -0.25) is 9.59 Å². The van der Waals surface area contributed by atoms with Crippen molar-refractivity contribution in [3.8, 4) is 5.75 Å². The number of carbonyl (C=O) groups is 2. The van der Waals surface area contributed by atoms with Gasteiger partial charge in [-0.25, -0.2) is 0 Å². The summed E-state index contributed by atoms with van der Waals surface area (Å²) in [7, 11) is 0. The van der Waals surface area contributed by atoms with Crippen LogP contribution in [0.2, 0.25) is 0 Å². The predicted octanol–water partition coefficient (Wildman–Crippen LogP) is 4.75. The Morgan fingerprint density at radius 2 is 1.83 bits per heavy atom. The Morgan fingerprint density at radius 3 is 2.60 bits per heavy atom. The number of nitrogens with one attached hydrogen (secondary N) is 2. The summed E-state index contributed by atoms with van der Waals surface area (Å²) in [5, 5.41) is 6.25. The fourth-order valence-electron chi connectivity index (χ4n) is 5.09. The summed E-state index contributed by atoms with van der Waals surface area (Å²) in [5.74, 6) is 0.421. The minimum absolute atomic E-state index is 0.410. The highest BCUT2D eigenvalue weighted by molar-refractivity contribution is 5.77. The van der Waals surface area contributed by atoms with Crippen molar-refractivity contribution in [2.45, 2.75) is 70.8 Å². The molecule has 0 heterocycles. The van der Waals surface area contributed by atoms with Crippen LogP contribution in [0.25, 0.3) is 0 Å². The van der Waals surface area contributed by atoms with E-state index in [0.717, 1.165) is 58.3 Å². The maximum Gasteiger partial charge on any atom is 0.298 e. The highest BCUT2D eigenvalue weighted by Gasteiger charge is 2.25. The number of benzene rings is 2. The topological polar surface area (TPSA) is 70.7 Å². The Kier molecular flexibility index (Phi) is 11.8. The molecule has 1 amide bonds. The Labute approximate surface area is 210 Å². The van der Waals surface area contributed by atoms with Crippen LogP contribution in [-0.4, -0.2) is 50.0 Å². The molecule has 0 saturated carbocycles. The molecule has 2 aromatic rings.